The first-order chi connectivity index (χ1) is 18.6. The van der Waals surface area contributed by atoms with Crippen LogP contribution in [0.3, 0.4) is 0 Å². The maximum Gasteiger partial charge on any atom is 0.183 e. The number of ketones is 2. The van der Waals surface area contributed by atoms with Gasteiger partial charge in [0, 0.05) is 31.1 Å². The summed E-state index contributed by atoms with van der Waals surface area (Å²) in [6, 6.07) is 17.5. The Morgan fingerprint density at radius 2 is 1.54 bits per heavy atom. The van der Waals surface area contributed by atoms with E-state index in [1.54, 1.807) is 6.08 Å². The van der Waals surface area contributed by atoms with Crippen LogP contribution in [-0.2, 0) is 14.3 Å². The van der Waals surface area contributed by atoms with Gasteiger partial charge in [0.15, 0.2) is 11.6 Å². The van der Waals surface area contributed by atoms with Gasteiger partial charge in [-0.05, 0) is 60.9 Å². The Morgan fingerprint density at radius 1 is 0.923 bits per heavy atom. The summed E-state index contributed by atoms with van der Waals surface area (Å²) >= 11 is 0. The van der Waals surface area contributed by atoms with Crippen molar-refractivity contribution in [2.45, 2.75) is 32.1 Å². The van der Waals surface area contributed by atoms with Gasteiger partial charge in [-0.1, -0.05) is 49.8 Å². The van der Waals surface area contributed by atoms with Gasteiger partial charge < -0.3 is 14.2 Å². The second kappa shape index (κ2) is 18.2. The quantitative estimate of drug-likeness (QED) is 0.183. The van der Waals surface area contributed by atoms with Crippen LogP contribution in [0.1, 0.15) is 37.7 Å². The molecule has 0 bridgehead atoms. The average Bonchev–Trinajstić information content (AvgIpc) is 2.96. The van der Waals surface area contributed by atoms with E-state index in [1.165, 1.54) is 18.2 Å². The predicted octanol–water partition coefficient (Wildman–Crippen LogP) is 5.98. The Morgan fingerprint density at radius 3 is 2.13 bits per heavy atom. The zero-order valence-corrected chi connectivity index (χ0v) is 23.6. The zero-order chi connectivity index (χ0) is 27.0. The lowest BCUT2D eigenvalue weighted by Gasteiger charge is -2.26. The largest absolute Gasteiger partial charge is 0.494 e. The smallest absolute Gasteiger partial charge is 0.183 e. The van der Waals surface area contributed by atoms with Crippen molar-refractivity contribution in [2.24, 2.45) is 0 Å². The molecule has 1 heterocycles. The standard InChI is InChI=1S/C17H27NO3.C15H12O2.ClH/c1-2-3-12-20-16-5-7-17(8-6-16)21-13-4-9-18-10-14-19-15-11-18;1-2-13(11-6-4-3-5-7-11)14-10-12(16)8-9-15(14)17;/h5-8H,2-4,9-15H2,1H3;2-10,13H,1H2;1H. The van der Waals surface area contributed by atoms with Crippen LogP contribution in [0, 0.1) is 0 Å². The molecule has 1 atom stereocenters. The number of hydrogen-bond acceptors (Lipinski definition) is 6. The lowest BCUT2D eigenvalue weighted by molar-refractivity contribution is -0.114. The molecule has 39 heavy (non-hydrogen) atoms. The van der Waals surface area contributed by atoms with Gasteiger partial charge in [0.05, 0.1) is 26.4 Å². The van der Waals surface area contributed by atoms with Crippen molar-refractivity contribution in [3.8, 4) is 11.5 Å². The second-order valence-corrected chi connectivity index (χ2v) is 9.15. The first-order valence-corrected chi connectivity index (χ1v) is 13.4. The van der Waals surface area contributed by atoms with Crippen LogP contribution in [0.15, 0.2) is 91.1 Å². The number of ether oxygens (including phenoxy) is 3. The van der Waals surface area contributed by atoms with Gasteiger partial charge >= 0.3 is 0 Å². The SMILES string of the molecule is C=CC(C1=CC(=O)C=CC1=O)c1ccccc1.CCCCOc1ccc(OCCCN2CCOCC2)cc1.Cl. The Kier molecular flexibility index (Phi) is 14.9. The van der Waals surface area contributed by atoms with Gasteiger partial charge in [0.2, 0.25) is 0 Å². The Balaban J connectivity index is 0.000000272. The average molecular weight is 554 g/mol. The molecule has 2 aromatic rings. The van der Waals surface area contributed by atoms with Crippen molar-refractivity contribution in [3.63, 3.8) is 0 Å². The fourth-order valence-corrected chi connectivity index (χ4v) is 4.14. The monoisotopic (exact) mass is 553 g/mol. The summed E-state index contributed by atoms with van der Waals surface area (Å²) in [5.41, 5.74) is 1.45. The van der Waals surface area contributed by atoms with Gasteiger partial charge in [0.25, 0.3) is 0 Å². The highest BCUT2D eigenvalue weighted by molar-refractivity contribution is 6.18. The maximum absolute atomic E-state index is 11.8. The van der Waals surface area contributed by atoms with Gasteiger partial charge in [0.1, 0.15) is 11.5 Å². The molecule has 1 aliphatic heterocycles. The highest BCUT2D eigenvalue weighted by atomic mass is 35.5. The molecule has 2 aliphatic rings. The predicted molar refractivity (Wildman–Crippen MR) is 158 cm³/mol. The molecular formula is C32H40ClNO5. The van der Waals surface area contributed by atoms with Crippen LogP contribution in [0.5, 0.6) is 11.5 Å². The van der Waals surface area contributed by atoms with E-state index >= 15 is 0 Å². The topological polar surface area (TPSA) is 65.1 Å². The van der Waals surface area contributed by atoms with Crippen molar-refractivity contribution in [1.82, 2.24) is 4.90 Å². The van der Waals surface area contributed by atoms with Crippen LogP contribution in [0.2, 0.25) is 0 Å². The summed E-state index contributed by atoms with van der Waals surface area (Å²) in [7, 11) is 0. The Labute approximate surface area is 238 Å². The van der Waals surface area contributed by atoms with E-state index in [1.807, 2.05) is 54.6 Å². The molecule has 0 amide bonds. The second-order valence-electron chi connectivity index (χ2n) is 9.15. The number of rotatable bonds is 12. The fourth-order valence-electron chi connectivity index (χ4n) is 4.14. The molecule has 1 fully saturated rings. The van der Waals surface area contributed by atoms with Gasteiger partial charge in [-0.15, -0.1) is 19.0 Å². The molecule has 0 radical (unpaired) electrons. The van der Waals surface area contributed by atoms with Crippen LogP contribution >= 0.6 is 12.4 Å². The lowest BCUT2D eigenvalue weighted by atomic mass is 9.86. The molecule has 1 unspecified atom stereocenters. The third-order valence-electron chi connectivity index (χ3n) is 6.29. The van der Waals surface area contributed by atoms with E-state index in [9.17, 15) is 9.59 Å². The molecule has 2 aromatic carbocycles. The Hall–Kier alpha value is -3.19. The van der Waals surface area contributed by atoms with Crippen molar-refractivity contribution in [3.05, 3.63) is 96.6 Å². The molecule has 4 rings (SSSR count). The molecule has 0 spiro atoms. The normalized spacial score (nSPS) is 15.8. The number of allylic oxidation sites excluding steroid dienone is 5. The van der Waals surface area contributed by atoms with Gasteiger partial charge in [-0.3, -0.25) is 14.5 Å². The van der Waals surface area contributed by atoms with E-state index in [-0.39, 0.29) is 29.9 Å². The molecule has 7 heteroatoms. The summed E-state index contributed by atoms with van der Waals surface area (Å²) < 4.78 is 16.7. The van der Waals surface area contributed by atoms with Crippen molar-refractivity contribution in [2.75, 3.05) is 46.1 Å². The zero-order valence-electron chi connectivity index (χ0n) is 22.8. The van der Waals surface area contributed by atoms with E-state index < -0.39 is 0 Å². The lowest BCUT2D eigenvalue weighted by Crippen LogP contribution is -2.37. The number of nitrogens with zero attached hydrogens (tertiary/aromatic N) is 1. The van der Waals surface area contributed by atoms with Gasteiger partial charge in [-0.25, -0.2) is 0 Å². The van der Waals surface area contributed by atoms with Gasteiger partial charge in [-0.2, -0.15) is 0 Å². The molecule has 6 nitrogen and oxygen atoms in total. The highest BCUT2D eigenvalue weighted by Gasteiger charge is 2.21. The van der Waals surface area contributed by atoms with E-state index in [0.717, 1.165) is 82.4 Å². The summed E-state index contributed by atoms with van der Waals surface area (Å²) in [6.07, 6.45) is 8.99. The van der Waals surface area contributed by atoms with Crippen LogP contribution < -0.4 is 9.47 Å². The van der Waals surface area contributed by atoms with E-state index in [2.05, 4.69) is 18.4 Å². The summed E-state index contributed by atoms with van der Waals surface area (Å²) in [5, 5.41) is 0. The highest BCUT2D eigenvalue weighted by Crippen LogP contribution is 2.27. The van der Waals surface area contributed by atoms with Crippen LogP contribution in [0.4, 0.5) is 0 Å². The molecule has 1 saturated heterocycles. The molecule has 0 N–H and O–H groups in total. The minimum atomic E-state index is -0.224. The minimum Gasteiger partial charge on any atom is -0.494 e. The first kappa shape index (κ1) is 32.0. The van der Waals surface area contributed by atoms with Crippen LogP contribution in [0.25, 0.3) is 0 Å². The number of morpholine rings is 1. The van der Waals surface area contributed by atoms with Crippen molar-refractivity contribution in [1.29, 1.82) is 0 Å². The molecule has 0 saturated carbocycles. The number of halogens is 1. The number of carbonyl (C=O) groups is 2. The molecule has 210 valence electrons. The maximum atomic E-state index is 11.8. The van der Waals surface area contributed by atoms with E-state index in [4.69, 9.17) is 14.2 Å². The van der Waals surface area contributed by atoms with Crippen molar-refractivity contribution >= 4 is 24.0 Å². The number of unbranched alkanes of at least 4 members (excludes halogenated alkanes) is 1. The molecular weight excluding hydrogens is 514 g/mol. The van der Waals surface area contributed by atoms with Crippen molar-refractivity contribution < 1.29 is 23.8 Å². The van der Waals surface area contributed by atoms with E-state index in [0.29, 0.717) is 5.57 Å². The fraction of sp³-hybridized carbons (Fsp3) is 0.375. The van der Waals surface area contributed by atoms with Crippen LogP contribution in [-0.4, -0.2) is 62.5 Å². The number of hydrogen-bond donors (Lipinski definition) is 0. The summed E-state index contributed by atoms with van der Waals surface area (Å²) in [4.78, 5) is 25.5. The number of benzene rings is 2. The summed E-state index contributed by atoms with van der Waals surface area (Å²) in [5.74, 6) is 1.34. The third kappa shape index (κ3) is 11.2. The first-order valence-electron chi connectivity index (χ1n) is 13.4. The number of carbonyl (C=O) groups excluding carboxylic acids is 2. The molecule has 0 aromatic heterocycles. The minimum absolute atomic E-state index is 0. The third-order valence-corrected chi connectivity index (χ3v) is 6.29. The molecule has 1 aliphatic carbocycles. The Bertz CT molecular complexity index is 1080. The summed E-state index contributed by atoms with van der Waals surface area (Å²) in [6.45, 7) is 12.4.